The molecule has 0 saturated heterocycles. The zero-order valence-electron chi connectivity index (χ0n) is 12.8. The van der Waals surface area contributed by atoms with Gasteiger partial charge in [-0.1, -0.05) is 42.5 Å². The van der Waals surface area contributed by atoms with E-state index in [1.807, 2.05) is 6.29 Å². The minimum atomic E-state index is -0.0306. The molecule has 0 aromatic heterocycles. The van der Waals surface area contributed by atoms with E-state index in [0.717, 1.165) is 32.1 Å². The molecule has 2 aromatic rings. The van der Waals surface area contributed by atoms with Crippen LogP contribution < -0.4 is 5.73 Å². The van der Waals surface area contributed by atoms with Gasteiger partial charge in [0, 0.05) is 6.42 Å². The van der Waals surface area contributed by atoms with E-state index < -0.39 is 0 Å². The Balaban J connectivity index is 1.84. The number of hydrogen-bond acceptors (Lipinski definition) is 2. The highest BCUT2D eigenvalue weighted by Gasteiger charge is 2.20. The van der Waals surface area contributed by atoms with Crippen molar-refractivity contribution in [1.82, 2.24) is 0 Å². The Kier molecular flexibility index (Phi) is 4.69. The van der Waals surface area contributed by atoms with Crippen molar-refractivity contribution in [3.8, 4) is 0 Å². The van der Waals surface area contributed by atoms with Gasteiger partial charge in [0.15, 0.2) is 6.29 Å². The standard InChI is InChI=1S/C20H22NO/c21-20-18-8-4-3-7-16(18)11-12-17-10-9-15(14-19(17)20)6-2-1-5-13-22/h3-4,7-10,14,20H,1-2,5-6,11-12,21H2. The molecule has 0 aliphatic heterocycles. The number of hydrogen-bond donors (Lipinski definition) is 1. The molecule has 2 heteroatoms. The average molecular weight is 292 g/mol. The first-order valence-electron chi connectivity index (χ1n) is 8.09. The van der Waals surface area contributed by atoms with Crippen molar-refractivity contribution < 1.29 is 4.79 Å². The fraction of sp³-hybridized carbons (Fsp3) is 0.350. The summed E-state index contributed by atoms with van der Waals surface area (Å²) in [4.78, 5) is 10.3. The Hall–Kier alpha value is -1.93. The number of unbranched alkanes of at least 4 members (excludes halogenated alkanes) is 2. The Labute approximate surface area is 132 Å². The van der Waals surface area contributed by atoms with Gasteiger partial charge in [0.05, 0.1) is 6.04 Å². The van der Waals surface area contributed by atoms with Gasteiger partial charge in [0.2, 0.25) is 0 Å². The van der Waals surface area contributed by atoms with Crippen LogP contribution in [0, 0.1) is 0 Å². The van der Waals surface area contributed by atoms with E-state index in [9.17, 15) is 4.79 Å². The molecule has 2 N–H and O–H groups in total. The molecule has 0 amide bonds. The topological polar surface area (TPSA) is 43.1 Å². The molecule has 1 radical (unpaired) electrons. The third kappa shape index (κ3) is 3.12. The van der Waals surface area contributed by atoms with Gasteiger partial charge in [-0.2, -0.15) is 0 Å². The van der Waals surface area contributed by atoms with Gasteiger partial charge in [-0.15, -0.1) is 0 Å². The number of nitrogens with two attached hydrogens (primary N) is 1. The molecule has 1 aliphatic rings. The van der Waals surface area contributed by atoms with Crippen molar-refractivity contribution in [1.29, 1.82) is 0 Å². The predicted molar refractivity (Wildman–Crippen MR) is 89.6 cm³/mol. The van der Waals surface area contributed by atoms with Crippen LogP contribution in [0.3, 0.4) is 0 Å². The van der Waals surface area contributed by atoms with Crippen LogP contribution in [0.5, 0.6) is 0 Å². The molecule has 0 fully saturated rings. The van der Waals surface area contributed by atoms with Gasteiger partial charge in [-0.05, 0) is 59.9 Å². The summed E-state index contributed by atoms with van der Waals surface area (Å²) in [6.45, 7) is 0. The van der Waals surface area contributed by atoms with E-state index in [1.54, 1.807) is 0 Å². The number of rotatable bonds is 5. The molecule has 0 saturated carbocycles. The molecular weight excluding hydrogens is 270 g/mol. The van der Waals surface area contributed by atoms with Gasteiger partial charge in [-0.25, -0.2) is 0 Å². The number of benzene rings is 2. The summed E-state index contributed by atoms with van der Waals surface area (Å²) in [7, 11) is 0. The van der Waals surface area contributed by atoms with E-state index in [2.05, 4.69) is 42.5 Å². The Morgan fingerprint density at radius 2 is 1.77 bits per heavy atom. The first-order chi connectivity index (χ1) is 10.8. The minimum Gasteiger partial charge on any atom is -0.320 e. The van der Waals surface area contributed by atoms with Crippen molar-refractivity contribution in [2.75, 3.05) is 0 Å². The van der Waals surface area contributed by atoms with Crippen LogP contribution in [0.2, 0.25) is 0 Å². The highest BCUT2D eigenvalue weighted by atomic mass is 16.1. The number of carbonyl (C=O) groups excluding carboxylic acids is 1. The molecule has 0 heterocycles. The minimum absolute atomic E-state index is 0.0306. The lowest BCUT2D eigenvalue weighted by Crippen LogP contribution is -2.14. The van der Waals surface area contributed by atoms with Crippen LogP contribution in [0.25, 0.3) is 0 Å². The van der Waals surface area contributed by atoms with Gasteiger partial charge >= 0.3 is 0 Å². The van der Waals surface area contributed by atoms with E-state index in [0.29, 0.717) is 6.42 Å². The van der Waals surface area contributed by atoms with Crippen LogP contribution >= 0.6 is 0 Å². The predicted octanol–water partition coefficient (Wildman–Crippen LogP) is 3.66. The van der Waals surface area contributed by atoms with Gasteiger partial charge < -0.3 is 5.73 Å². The van der Waals surface area contributed by atoms with Crippen molar-refractivity contribution in [3.63, 3.8) is 0 Å². The smallest absolute Gasteiger partial charge is 0.198 e. The van der Waals surface area contributed by atoms with Crippen LogP contribution in [0.1, 0.15) is 53.1 Å². The molecule has 2 nitrogen and oxygen atoms in total. The normalized spacial score (nSPS) is 16.5. The summed E-state index contributed by atoms with van der Waals surface area (Å²) in [5, 5.41) is 0. The SMILES string of the molecule is NC1c2ccccc2CCc2ccc(CCCC[C]=O)cc21. The summed E-state index contributed by atoms with van der Waals surface area (Å²) in [6.07, 6.45) is 7.56. The quantitative estimate of drug-likeness (QED) is 0.855. The zero-order valence-corrected chi connectivity index (χ0v) is 12.8. The highest BCUT2D eigenvalue weighted by molar-refractivity contribution is 5.50. The van der Waals surface area contributed by atoms with Crippen LogP contribution in [-0.4, -0.2) is 6.29 Å². The maximum Gasteiger partial charge on any atom is 0.198 e. The summed E-state index contributed by atoms with van der Waals surface area (Å²) in [5.74, 6) is 0. The van der Waals surface area contributed by atoms with Gasteiger partial charge in [-0.3, -0.25) is 4.79 Å². The second-order valence-corrected chi connectivity index (χ2v) is 6.06. The maximum atomic E-state index is 10.3. The van der Waals surface area contributed by atoms with Crippen LogP contribution in [0.15, 0.2) is 42.5 Å². The molecule has 3 rings (SSSR count). The number of aryl methyl sites for hydroxylation is 3. The van der Waals surface area contributed by atoms with Crippen molar-refractivity contribution in [2.45, 2.75) is 44.6 Å². The Morgan fingerprint density at radius 1 is 1.00 bits per heavy atom. The summed E-state index contributed by atoms with van der Waals surface area (Å²) in [6, 6.07) is 15.2. The second-order valence-electron chi connectivity index (χ2n) is 6.06. The fourth-order valence-corrected chi connectivity index (χ4v) is 3.35. The summed E-state index contributed by atoms with van der Waals surface area (Å²) in [5.41, 5.74) is 13.1. The number of fused-ring (bicyclic) bond motifs is 2. The third-order valence-corrected chi connectivity index (χ3v) is 4.59. The third-order valence-electron chi connectivity index (χ3n) is 4.59. The van der Waals surface area contributed by atoms with Gasteiger partial charge in [0.25, 0.3) is 0 Å². The fourth-order valence-electron chi connectivity index (χ4n) is 3.35. The van der Waals surface area contributed by atoms with Crippen molar-refractivity contribution in [2.24, 2.45) is 5.73 Å². The lowest BCUT2D eigenvalue weighted by atomic mass is 9.93. The molecule has 1 aliphatic carbocycles. The maximum absolute atomic E-state index is 10.3. The molecule has 2 aromatic carbocycles. The first-order valence-corrected chi connectivity index (χ1v) is 8.09. The highest BCUT2D eigenvalue weighted by Crippen LogP contribution is 2.31. The van der Waals surface area contributed by atoms with Crippen LogP contribution in [-0.2, 0) is 24.1 Å². The molecule has 1 unspecified atom stereocenters. The van der Waals surface area contributed by atoms with E-state index in [1.165, 1.54) is 27.8 Å². The van der Waals surface area contributed by atoms with Crippen LogP contribution in [0.4, 0.5) is 0 Å². The van der Waals surface area contributed by atoms with Gasteiger partial charge in [0.1, 0.15) is 0 Å². The summed E-state index contributed by atoms with van der Waals surface area (Å²) >= 11 is 0. The molecular formula is C20H22NO. The molecule has 0 bridgehead atoms. The molecule has 22 heavy (non-hydrogen) atoms. The first kappa shape index (κ1) is 15.0. The Morgan fingerprint density at radius 3 is 2.59 bits per heavy atom. The Bertz CT molecular complexity index is 663. The molecule has 1 atom stereocenters. The lowest BCUT2D eigenvalue weighted by molar-refractivity contribution is 0.546. The molecule has 113 valence electrons. The van der Waals surface area contributed by atoms with Crippen molar-refractivity contribution in [3.05, 3.63) is 70.3 Å². The monoisotopic (exact) mass is 292 g/mol. The van der Waals surface area contributed by atoms with E-state index in [4.69, 9.17) is 5.73 Å². The zero-order chi connectivity index (χ0) is 15.4. The molecule has 0 spiro atoms. The average Bonchev–Trinajstić information content (AvgIpc) is 2.70. The largest absolute Gasteiger partial charge is 0.320 e. The van der Waals surface area contributed by atoms with E-state index >= 15 is 0 Å². The summed E-state index contributed by atoms with van der Waals surface area (Å²) < 4.78 is 0. The van der Waals surface area contributed by atoms with Crippen molar-refractivity contribution >= 4 is 6.29 Å². The van der Waals surface area contributed by atoms with E-state index in [-0.39, 0.29) is 6.04 Å². The second kappa shape index (κ2) is 6.89. The lowest BCUT2D eigenvalue weighted by Gasteiger charge is -2.16.